The Morgan fingerprint density at radius 3 is 3.18 bits per heavy atom. The summed E-state index contributed by atoms with van der Waals surface area (Å²) in [5, 5.41) is 4.55. The van der Waals surface area contributed by atoms with Gasteiger partial charge in [-0.05, 0) is 37.2 Å². The number of nitrogens with one attached hydrogen (secondary N) is 1. The highest BCUT2D eigenvalue weighted by Gasteiger charge is 2.22. The maximum Gasteiger partial charge on any atom is 0.305 e. The Morgan fingerprint density at radius 2 is 2.36 bits per heavy atom. The highest BCUT2D eigenvalue weighted by molar-refractivity contribution is 7.19. The van der Waals surface area contributed by atoms with Crippen molar-refractivity contribution in [1.82, 2.24) is 9.97 Å². The van der Waals surface area contributed by atoms with Gasteiger partial charge in [-0.25, -0.2) is 9.97 Å². The molecule has 2 heterocycles. The molecule has 2 aromatic heterocycles. The maximum atomic E-state index is 11.1. The summed E-state index contributed by atoms with van der Waals surface area (Å²) in [5.41, 5.74) is 1.43. The van der Waals surface area contributed by atoms with E-state index in [0.717, 1.165) is 35.8 Å². The molecule has 118 valence electrons. The molecule has 0 saturated heterocycles. The van der Waals surface area contributed by atoms with Crippen LogP contribution in [0.15, 0.2) is 6.33 Å². The molecule has 0 radical (unpaired) electrons. The molecule has 2 aromatic rings. The monoisotopic (exact) mass is 319 g/mol. The number of carbonyl (C=O) groups is 1. The third-order valence-corrected chi connectivity index (χ3v) is 5.33. The largest absolute Gasteiger partial charge is 0.469 e. The van der Waals surface area contributed by atoms with E-state index in [1.54, 1.807) is 17.7 Å². The van der Waals surface area contributed by atoms with Crippen LogP contribution >= 0.6 is 11.3 Å². The average Bonchev–Trinajstić information content (AvgIpc) is 2.89. The van der Waals surface area contributed by atoms with E-state index in [9.17, 15) is 4.79 Å². The lowest BCUT2D eigenvalue weighted by molar-refractivity contribution is -0.140. The third kappa shape index (κ3) is 3.06. The number of fused-ring (bicyclic) bond motifs is 3. The molecule has 1 aliphatic carbocycles. The Bertz CT molecular complexity index is 683. The molecule has 0 bridgehead atoms. The smallest absolute Gasteiger partial charge is 0.305 e. The number of nitrogens with zero attached hydrogens (tertiary/aromatic N) is 2. The number of ether oxygens (including phenoxy) is 1. The van der Waals surface area contributed by atoms with Crippen molar-refractivity contribution < 1.29 is 9.53 Å². The minimum Gasteiger partial charge on any atom is -0.469 e. The summed E-state index contributed by atoms with van der Waals surface area (Å²) in [7, 11) is 1.42. The quantitative estimate of drug-likeness (QED) is 0.677. The first-order valence-electron chi connectivity index (χ1n) is 7.75. The van der Waals surface area contributed by atoms with Crippen molar-refractivity contribution in [2.75, 3.05) is 19.0 Å². The van der Waals surface area contributed by atoms with Gasteiger partial charge >= 0.3 is 5.97 Å². The van der Waals surface area contributed by atoms with E-state index in [1.807, 2.05) is 0 Å². The first-order chi connectivity index (χ1) is 10.7. The molecular formula is C16H21N3O2S. The fourth-order valence-electron chi connectivity index (χ4n) is 2.95. The number of methoxy groups -OCH3 is 1. The summed E-state index contributed by atoms with van der Waals surface area (Å²) >= 11 is 1.80. The molecule has 3 rings (SSSR count). The maximum absolute atomic E-state index is 11.1. The van der Waals surface area contributed by atoms with E-state index in [1.165, 1.54) is 29.4 Å². The van der Waals surface area contributed by atoms with Crippen LogP contribution in [0.4, 0.5) is 5.82 Å². The number of hydrogen-bond acceptors (Lipinski definition) is 6. The summed E-state index contributed by atoms with van der Waals surface area (Å²) < 4.78 is 4.65. The number of anilines is 1. The van der Waals surface area contributed by atoms with Gasteiger partial charge in [0.1, 0.15) is 17.0 Å². The molecule has 0 saturated carbocycles. The number of aryl methyl sites for hydroxylation is 1. The molecule has 0 unspecified atom stereocenters. The first kappa shape index (κ1) is 15.2. The minimum atomic E-state index is -0.170. The Morgan fingerprint density at radius 1 is 1.50 bits per heavy atom. The SMILES string of the molecule is COC(=O)CCCNc1ncnc2sc3c(c12)CC[C@H](C)C3. The number of thiophene rings is 1. The fourth-order valence-corrected chi connectivity index (χ4v) is 4.30. The molecule has 1 atom stereocenters. The number of hydrogen-bond donors (Lipinski definition) is 1. The molecular weight excluding hydrogens is 298 g/mol. The van der Waals surface area contributed by atoms with E-state index in [-0.39, 0.29) is 5.97 Å². The van der Waals surface area contributed by atoms with Crippen LogP contribution < -0.4 is 5.32 Å². The number of esters is 1. The standard InChI is InChI=1S/C16H21N3O2S/c1-10-5-6-11-12(8-10)22-16-14(11)15(18-9-19-16)17-7-3-4-13(20)21-2/h9-10H,3-8H2,1-2H3,(H,17,18,19)/t10-/m0/s1. The molecule has 0 amide bonds. The topological polar surface area (TPSA) is 64.1 Å². The van der Waals surface area contributed by atoms with Crippen molar-refractivity contribution in [2.45, 2.75) is 39.0 Å². The van der Waals surface area contributed by atoms with Crippen LogP contribution in [0.1, 0.15) is 36.6 Å². The first-order valence-corrected chi connectivity index (χ1v) is 8.56. The highest BCUT2D eigenvalue weighted by Crippen LogP contribution is 2.39. The molecule has 0 aliphatic heterocycles. The Balaban J connectivity index is 1.77. The number of rotatable bonds is 5. The van der Waals surface area contributed by atoms with Crippen LogP contribution in [0, 0.1) is 5.92 Å². The second kappa shape index (κ2) is 6.60. The molecule has 1 aliphatic rings. The lowest BCUT2D eigenvalue weighted by Gasteiger charge is -2.18. The summed E-state index contributed by atoms with van der Waals surface area (Å²) in [5.74, 6) is 1.49. The zero-order valence-electron chi connectivity index (χ0n) is 13.0. The van der Waals surface area contributed by atoms with Crippen molar-refractivity contribution in [3.05, 3.63) is 16.8 Å². The molecule has 22 heavy (non-hydrogen) atoms. The van der Waals surface area contributed by atoms with Crippen LogP contribution in [-0.2, 0) is 22.4 Å². The average molecular weight is 319 g/mol. The summed E-state index contributed by atoms with van der Waals surface area (Å²) in [6.07, 6.45) is 6.28. The van der Waals surface area contributed by atoms with Gasteiger partial charge in [0.05, 0.1) is 12.5 Å². The predicted octanol–water partition coefficient (Wildman–Crippen LogP) is 3.18. The van der Waals surface area contributed by atoms with Crippen molar-refractivity contribution in [1.29, 1.82) is 0 Å². The number of carbonyl (C=O) groups excluding carboxylic acids is 1. The fraction of sp³-hybridized carbons (Fsp3) is 0.562. The molecule has 0 spiro atoms. The van der Waals surface area contributed by atoms with E-state index >= 15 is 0 Å². The van der Waals surface area contributed by atoms with Crippen molar-refractivity contribution in [3.63, 3.8) is 0 Å². The van der Waals surface area contributed by atoms with Gasteiger partial charge in [-0.2, -0.15) is 0 Å². The van der Waals surface area contributed by atoms with Gasteiger partial charge in [0, 0.05) is 17.8 Å². The molecule has 5 nitrogen and oxygen atoms in total. The molecule has 0 aromatic carbocycles. The van der Waals surface area contributed by atoms with Gasteiger partial charge < -0.3 is 10.1 Å². The molecule has 1 N–H and O–H groups in total. The van der Waals surface area contributed by atoms with E-state index in [4.69, 9.17) is 0 Å². The van der Waals surface area contributed by atoms with E-state index in [0.29, 0.717) is 13.0 Å². The highest BCUT2D eigenvalue weighted by atomic mass is 32.1. The zero-order valence-corrected chi connectivity index (χ0v) is 13.8. The van der Waals surface area contributed by atoms with Crippen LogP contribution in [0.25, 0.3) is 10.2 Å². The van der Waals surface area contributed by atoms with Crippen LogP contribution in [0.2, 0.25) is 0 Å². The Labute approximate surface area is 134 Å². The van der Waals surface area contributed by atoms with Gasteiger partial charge in [-0.15, -0.1) is 11.3 Å². The van der Waals surface area contributed by atoms with Crippen LogP contribution in [-0.4, -0.2) is 29.6 Å². The Hall–Kier alpha value is -1.69. The number of aromatic nitrogens is 2. The minimum absolute atomic E-state index is 0.170. The summed E-state index contributed by atoms with van der Waals surface area (Å²) in [6.45, 7) is 3.02. The Kier molecular flexibility index (Phi) is 4.57. The second-order valence-electron chi connectivity index (χ2n) is 5.86. The van der Waals surface area contributed by atoms with Gasteiger partial charge in [-0.3, -0.25) is 4.79 Å². The lowest BCUT2D eigenvalue weighted by Crippen LogP contribution is -2.10. The zero-order chi connectivity index (χ0) is 15.5. The second-order valence-corrected chi connectivity index (χ2v) is 6.94. The van der Waals surface area contributed by atoms with E-state index < -0.39 is 0 Å². The van der Waals surface area contributed by atoms with Crippen molar-refractivity contribution in [2.24, 2.45) is 5.92 Å². The van der Waals surface area contributed by atoms with Crippen LogP contribution in [0.5, 0.6) is 0 Å². The van der Waals surface area contributed by atoms with Crippen LogP contribution in [0.3, 0.4) is 0 Å². The summed E-state index contributed by atoms with van der Waals surface area (Å²) in [6, 6.07) is 0. The van der Waals surface area contributed by atoms with Gasteiger partial charge in [-0.1, -0.05) is 6.92 Å². The summed E-state index contributed by atoms with van der Waals surface area (Å²) in [4.78, 5) is 22.5. The molecule has 0 fully saturated rings. The predicted molar refractivity (Wildman–Crippen MR) is 88.3 cm³/mol. The van der Waals surface area contributed by atoms with Crippen molar-refractivity contribution in [3.8, 4) is 0 Å². The van der Waals surface area contributed by atoms with Crippen molar-refractivity contribution >= 4 is 33.3 Å². The lowest BCUT2D eigenvalue weighted by atomic mass is 9.89. The van der Waals surface area contributed by atoms with Gasteiger partial charge in [0.15, 0.2) is 0 Å². The van der Waals surface area contributed by atoms with E-state index in [2.05, 4.69) is 26.9 Å². The third-order valence-electron chi connectivity index (χ3n) is 4.17. The normalized spacial score (nSPS) is 17.3. The van der Waals surface area contributed by atoms with Gasteiger partial charge in [0.25, 0.3) is 0 Å². The van der Waals surface area contributed by atoms with Gasteiger partial charge in [0.2, 0.25) is 0 Å². The molecule has 6 heteroatoms.